The van der Waals surface area contributed by atoms with Crippen molar-refractivity contribution in [3.8, 4) is 11.8 Å². The van der Waals surface area contributed by atoms with Gasteiger partial charge in [0, 0.05) is 5.56 Å². The molecule has 0 radical (unpaired) electrons. The fourth-order valence-electron chi connectivity index (χ4n) is 5.59. The van der Waals surface area contributed by atoms with E-state index < -0.39 is 15.3 Å². The third-order valence-electron chi connectivity index (χ3n) is 6.86. The molecule has 2 fully saturated rings. The second kappa shape index (κ2) is 7.45. The molecule has 2 unspecified atom stereocenters. The van der Waals surface area contributed by atoms with Gasteiger partial charge in [-0.25, -0.2) is 8.42 Å². The molecular weight excluding hydrogens is 388 g/mol. The van der Waals surface area contributed by atoms with Crippen molar-refractivity contribution >= 4 is 9.84 Å². The molecule has 0 aliphatic heterocycles. The van der Waals surface area contributed by atoms with Crippen LogP contribution in [0, 0.1) is 23.7 Å². The van der Waals surface area contributed by atoms with Crippen molar-refractivity contribution in [2.75, 3.05) is 0 Å². The van der Waals surface area contributed by atoms with Gasteiger partial charge in [-0.3, -0.25) is 0 Å². The number of fused-ring (bicyclic) bond motifs is 2. The Morgan fingerprint density at radius 2 is 1.27 bits per heavy atom. The molecular formula is C27H24O2S. The van der Waals surface area contributed by atoms with Crippen molar-refractivity contribution in [1.82, 2.24) is 0 Å². The van der Waals surface area contributed by atoms with Crippen molar-refractivity contribution in [1.29, 1.82) is 0 Å². The maximum atomic E-state index is 13.6. The van der Waals surface area contributed by atoms with E-state index in [9.17, 15) is 8.42 Å². The van der Waals surface area contributed by atoms with Crippen LogP contribution in [0.5, 0.6) is 0 Å². The van der Waals surface area contributed by atoms with Gasteiger partial charge in [-0.1, -0.05) is 85.0 Å². The Morgan fingerprint density at radius 1 is 0.733 bits per heavy atom. The van der Waals surface area contributed by atoms with E-state index in [-0.39, 0.29) is 17.1 Å². The molecule has 3 aromatic rings. The summed E-state index contributed by atoms with van der Waals surface area (Å²) < 4.78 is 27.1. The molecule has 2 saturated carbocycles. The van der Waals surface area contributed by atoms with Gasteiger partial charge in [-0.05, 0) is 54.5 Å². The second-order valence-corrected chi connectivity index (χ2v) is 10.4. The zero-order valence-corrected chi connectivity index (χ0v) is 17.6. The molecule has 0 aromatic heterocycles. The minimum Gasteiger partial charge on any atom is -0.223 e. The first-order valence-corrected chi connectivity index (χ1v) is 12.1. The van der Waals surface area contributed by atoms with E-state index in [0.717, 1.165) is 30.4 Å². The predicted molar refractivity (Wildman–Crippen MR) is 120 cm³/mol. The molecule has 0 saturated heterocycles. The Balaban J connectivity index is 1.62. The first-order valence-electron chi connectivity index (χ1n) is 10.6. The van der Waals surface area contributed by atoms with Crippen molar-refractivity contribution in [3.63, 3.8) is 0 Å². The fraction of sp³-hybridized carbons (Fsp3) is 0.259. The van der Waals surface area contributed by atoms with Crippen LogP contribution >= 0.6 is 0 Å². The van der Waals surface area contributed by atoms with Crippen molar-refractivity contribution in [3.05, 3.63) is 102 Å². The van der Waals surface area contributed by atoms with E-state index in [0.29, 0.717) is 4.90 Å². The third-order valence-corrected chi connectivity index (χ3v) is 9.17. The summed E-state index contributed by atoms with van der Waals surface area (Å²) >= 11 is 0. The standard InChI is InChI=1S/C27H24O2S/c28-30(29,23-15-8-3-9-16-23)26-24-17-10-18-25(26)27(24,22-13-6-2-7-14-22)20-19-21-11-4-1-5-12-21/h1-9,11-16,24-26H,10,17-18H2. The summed E-state index contributed by atoms with van der Waals surface area (Å²) in [5.41, 5.74) is 1.73. The van der Waals surface area contributed by atoms with Crippen LogP contribution in [0.25, 0.3) is 0 Å². The van der Waals surface area contributed by atoms with Gasteiger partial charge in [0.1, 0.15) is 0 Å². The van der Waals surface area contributed by atoms with E-state index >= 15 is 0 Å². The van der Waals surface area contributed by atoms with Crippen molar-refractivity contribution in [2.45, 2.75) is 34.8 Å². The first-order chi connectivity index (χ1) is 14.6. The summed E-state index contributed by atoms with van der Waals surface area (Å²) in [7, 11) is -3.39. The van der Waals surface area contributed by atoms with Crippen LogP contribution in [-0.2, 0) is 15.3 Å². The Bertz CT molecular complexity index is 1180. The molecule has 30 heavy (non-hydrogen) atoms. The molecule has 2 aliphatic carbocycles. The summed E-state index contributed by atoms with van der Waals surface area (Å²) in [6.07, 6.45) is 2.86. The van der Waals surface area contributed by atoms with Crippen LogP contribution in [0.2, 0.25) is 0 Å². The molecule has 2 atom stereocenters. The lowest BCUT2D eigenvalue weighted by Crippen LogP contribution is -2.67. The zero-order chi connectivity index (χ0) is 20.6. The zero-order valence-electron chi connectivity index (χ0n) is 16.7. The maximum Gasteiger partial charge on any atom is 0.181 e. The molecule has 0 amide bonds. The van der Waals surface area contributed by atoms with Gasteiger partial charge in [0.05, 0.1) is 15.6 Å². The van der Waals surface area contributed by atoms with Crippen LogP contribution in [-0.4, -0.2) is 13.7 Å². The maximum absolute atomic E-state index is 13.6. The number of benzene rings is 3. The fourth-order valence-corrected chi connectivity index (χ4v) is 8.01. The largest absolute Gasteiger partial charge is 0.223 e. The van der Waals surface area contributed by atoms with Gasteiger partial charge < -0.3 is 0 Å². The molecule has 5 rings (SSSR count). The van der Waals surface area contributed by atoms with E-state index in [1.807, 2.05) is 54.6 Å². The van der Waals surface area contributed by atoms with E-state index in [4.69, 9.17) is 0 Å². The Labute approximate surface area is 178 Å². The van der Waals surface area contributed by atoms with E-state index in [2.05, 4.69) is 24.0 Å². The van der Waals surface area contributed by atoms with E-state index in [1.165, 1.54) is 0 Å². The SMILES string of the molecule is O=S(=O)(c1ccccc1)C1C2CCCC1C2(C#Cc1ccccc1)c1ccccc1. The number of hydrogen-bond donors (Lipinski definition) is 0. The summed E-state index contributed by atoms with van der Waals surface area (Å²) in [6.45, 7) is 0. The van der Waals surface area contributed by atoms with Crippen LogP contribution in [0.1, 0.15) is 30.4 Å². The van der Waals surface area contributed by atoms with Gasteiger partial charge in [-0.2, -0.15) is 0 Å². The average Bonchev–Trinajstić information content (AvgIpc) is 2.81. The van der Waals surface area contributed by atoms with Gasteiger partial charge >= 0.3 is 0 Å². The predicted octanol–water partition coefficient (Wildman–Crippen LogP) is 5.25. The normalized spacial score (nSPS) is 27.4. The van der Waals surface area contributed by atoms with Crippen molar-refractivity contribution in [2.24, 2.45) is 11.8 Å². The smallest absolute Gasteiger partial charge is 0.181 e. The second-order valence-electron chi connectivity index (χ2n) is 8.32. The highest BCUT2D eigenvalue weighted by atomic mass is 32.2. The van der Waals surface area contributed by atoms with Crippen LogP contribution in [0.3, 0.4) is 0 Å². The molecule has 2 bridgehead atoms. The van der Waals surface area contributed by atoms with Gasteiger partial charge in [-0.15, -0.1) is 0 Å². The minimum absolute atomic E-state index is 0.0140. The Morgan fingerprint density at radius 3 is 1.87 bits per heavy atom. The van der Waals surface area contributed by atoms with Crippen LogP contribution in [0.4, 0.5) is 0 Å². The van der Waals surface area contributed by atoms with Gasteiger partial charge in [0.2, 0.25) is 0 Å². The summed E-state index contributed by atoms with van der Waals surface area (Å²) in [5.74, 6) is 7.02. The van der Waals surface area contributed by atoms with E-state index in [1.54, 1.807) is 24.3 Å². The summed E-state index contributed by atoms with van der Waals surface area (Å²) in [6, 6.07) is 29.2. The number of hydrogen-bond acceptors (Lipinski definition) is 2. The topological polar surface area (TPSA) is 34.1 Å². The Kier molecular flexibility index (Phi) is 4.76. The lowest BCUT2D eigenvalue weighted by Gasteiger charge is -2.62. The average molecular weight is 413 g/mol. The highest BCUT2D eigenvalue weighted by Crippen LogP contribution is 2.63. The van der Waals surface area contributed by atoms with Gasteiger partial charge in [0.25, 0.3) is 0 Å². The summed E-state index contributed by atoms with van der Waals surface area (Å²) in [4.78, 5) is 0.435. The highest BCUT2D eigenvalue weighted by Gasteiger charge is 2.67. The number of rotatable bonds is 3. The van der Waals surface area contributed by atoms with Gasteiger partial charge in [0.15, 0.2) is 9.84 Å². The quantitative estimate of drug-likeness (QED) is 0.551. The van der Waals surface area contributed by atoms with Crippen LogP contribution in [0.15, 0.2) is 95.9 Å². The first kappa shape index (κ1) is 19.2. The highest BCUT2D eigenvalue weighted by molar-refractivity contribution is 7.92. The molecule has 3 aromatic carbocycles. The number of sulfone groups is 1. The lowest BCUT2D eigenvalue weighted by molar-refractivity contribution is 0.0251. The molecule has 2 aliphatic rings. The van der Waals surface area contributed by atoms with Crippen LogP contribution < -0.4 is 0 Å². The summed E-state index contributed by atoms with van der Waals surface area (Å²) in [5, 5.41) is -0.362. The monoisotopic (exact) mass is 412 g/mol. The molecule has 0 heterocycles. The molecule has 2 nitrogen and oxygen atoms in total. The third kappa shape index (κ3) is 2.90. The molecule has 150 valence electrons. The van der Waals surface area contributed by atoms with Crippen molar-refractivity contribution < 1.29 is 8.42 Å². The minimum atomic E-state index is -3.39. The molecule has 0 N–H and O–H groups in total. The lowest BCUT2D eigenvalue weighted by atomic mass is 9.44. The molecule has 3 heteroatoms. The molecule has 0 spiro atoms. The Hall–Kier alpha value is -2.83.